The average Bonchev–Trinajstić information content (AvgIpc) is 2.24. The van der Waals surface area contributed by atoms with Crippen molar-refractivity contribution in [2.45, 2.75) is 39.3 Å². The predicted octanol–water partition coefficient (Wildman–Crippen LogP) is 2.89. The molecule has 0 spiro atoms. The smallest absolute Gasteiger partial charge is 0.129 e. The number of anilines is 1. The third-order valence-electron chi connectivity index (χ3n) is 2.69. The van der Waals surface area contributed by atoms with Crippen LogP contribution in [-0.4, -0.2) is 17.1 Å². The van der Waals surface area contributed by atoms with Crippen LogP contribution in [0.25, 0.3) is 0 Å². The van der Waals surface area contributed by atoms with Crippen molar-refractivity contribution in [1.29, 1.82) is 0 Å². The molecule has 1 aromatic heterocycles. The van der Waals surface area contributed by atoms with Gasteiger partial charge >= 0.3 is 0 Å². The molecule has 0 radical (unpaired) electrons. The second-order valence-corrected chi connectivity index (χ2v) is 5.31. The molecular formula is C14H23N3. The first-order valence-electron chi connectivity index (χ1n) is 5.96. The molecule has 3 heteroatoms. The van der Waals surface area contributed by atoms with Gasteiger partial charge in [0.15, 0.2) is 0 Å². The SMILES string of the molecule is C=CCN(c1cc([C@H](C)N)ccn1)C(C)(C)C. The van der Waals surface area contributed by atoms with Gasteiger partial charge in [0.05, 0.1) is 0 Å². The highest BCUT2D eigenvalue weighted by molar-refractivity contribution is 5.44. The van der Waals surface area contributed by atoms with Crippen molar-refractivity contribution in [3.8, 4) is 0 Å². The maximum absolute atomic E-state index is 5.90. The van der Waals surface area contributed by atoms with E-state index in [0.717, 1.165) is 17.9 Å². The molecule has 17 heavy (non-hydrogen) atoms. The van der Waals surface area contributed by atoms with E-state index in [0.29, 0.717) is 0 Å². The molecule has 0 unspecified atom stereocenters. The quantitative estimate of drug-likeness (QED) is 0.813. The first-order chi connectivity index (χ1) is 7.86. The summed E-state index contributed by atoms with van der Waals surface area (Å²) >= 11 is 0. The normalized spacial score (nSPS) is 13.2. The number of pyridine rings is 1. The van der Waals surface area contributed by atoms with Gasteiger partial charge in [-0.05, 0) is 45.4 Å². The fourth-order valence-electron chi connectivity index (χ4n) is 1.71. The largest absolute Gasteiger partial charge is 0.348 e. The Kier molecular flexibility index (Phi) is 4.29. The number of hydrogen-bond donors (Lipinski definition) is 1. The zero-order chi connectivity index (χ0) is 13.1. The Morgan fingerprint density at radius 2 is 2.18 bits per heavy atom. The van der Waals surface area contributed by atoms with Crippen molar-refractivity contribution in [1.82, 2.24) is 4.98 Å². The molecule has 0 saturated carbocycles. The first-order valence-corrected chi connectivity index (χ1v) is 5.96. The lowest BCUT2D eigenvalue weighted by Crippen LogP contribution is -2.42. The van der Waals surface area contributed by atoms with E-state index in [9.17, 15) is 0 Å². The minimum absolute atomic E-state index is 0.0116. The molecule has 1 aromatic rings. The highest BCUT2D eigenvalue weighted by Gasteiger charge is 2.21. The number of aromatic nitrogens is 1. The molecule has 0 aliphatic heterocycles. The Hall–Kier alpha value is -1.35. The topological polar surface area (TPSA) is 42.1 Å². The van der Waals surface area contributed by atoms with E-state index in [1.165, 1.54) is 0 Å². The summed E-state index contributed by atoms with van der Waals surface area (Å²) in [6, 6.07) is 4.05. The molecule has 0 aliphatic rings. The molecule has 0 bridgehead atoms. The number of hydrogen-bond acceptors (Lipinski definition) is 3. The van der Waals surface area contributed by atoms with Crippen LogP contribution < -0.4 is 10.6 Å². The molecule has 3 nitrogen and oxygen atoms in total. The van der Waals surface area contributed by atoms with Crippen molar-refractivity contribution in [3.63, 3.8) is 0 Å². The van der Waals surface area contributed by atoms with E-state index in [-0.39, 0.29) is 11.6 Å². The predicted molar refractivity (Wildman–Crippen MR) is 74.1 cm³/mol. The molecule has 2 N–H and O–H groups in total. The number of rotatable bonds is 4. The molecule has 94 valence electrons. The fraction of sp³-hybridized carbons (Fsp3) is 0.500. The van der Waals surface area contributed by atoms with E-state index in [1.54, 1.807) is 0 Å². The van der Waals surface area contributed by atoms with Gasteiger partial charge in [0.25, 0.3) is 0 Å². The molecule has 0 amide bonds. The standard InChI is InChI=1S/C14H23N3/c1-6-9-17(14(3,4)5)13-10-12(11(2)15)7-8-16-13/h6-8,10-11H,1,9,15H2,2-5H3/t11-/m0/s1. The van der Waals surface area contributed by atoms with Crippen molar-refractivity contribution in [2.75, 3.05) is 11.4 Å². The van der Waals surface area contributed by atoms with Gasteiger partial charge in [-0.3, -0.25) is 0 Å². The van der Waals surface area contributed by atoms with Crippen LogP contribution in [0.15, 0.2) is 31.0 Å². The van der Waals surface area contributed by atoms with Gasteiger partial charge in [0.2, 0.25) is 0 Å². The lowest BCUT2D eigenvalue weighted by atomic mass is 10.0. The molecule has 0 fully saturated rings. The molecule has 0 aromatic carbocycles. The molecule has 0 aliphatic carbocycles. The summed E-state index contributed by atoms with van der Waals surface area (Å²) < 4.78 is 0. The van der Waals surface area contributed by atoms with Gasteiger partial charge in [-0.2, -0.15) is 0 Å². The highest BCUT2D eigenvalue weighted by atomic mass is 15.2. The van der Waals surface area contributed by atoms with Gasteiger partial charge < -0.3 is 10.6 Å². The van der Waals surface area contributed by atoms with Crippen molar-refractivity contribution in [2.24, 2.45) is 5.73 Å². The third-order valence-corrected chi connectivity index (χ3v) is 2.69. The lowest BCUT2D eigenvalue weighted by molar-refractivity contribution is 0.517. The summed E-state index contributed by atoms with van der Waals surface area (Å²) in [5.74, 6) is 0.951. The molecular weight excluding hydrogens is 210 g/mol. The average molecular weight is 233 g/mol. The minimum Gasteiger partial charge on any atom is -0.348 e. The van der Waals surface area contributed by atoms with Crippen LogP contribution in [-0.2, 0) is 0 Å². The van der Waals surface area contributed by atoms with Gasteiger partial charge in [-0.1, -0.05) is 6.08 Å². The summed E-state index contributed by atoms with van der Waals surface area (Å²) in [4.78, 5) is 6.64. The van der Waals surface area contributed by atoms with E-state index in [4.69, 9.17) is 5.73 Å². The van der Waals surface area contributed by atoms with Crippen molar-refractivity contribution in [3.05, 3.63) is 36.5 Å². The van der Waals surface area contributed by atoms with E-state index >= 15 is 0 Å². The Bertz CT molecular complexity index is 377. The Morgan fingerprint density at radius 1 is 1.53 bits per heavy atom. The van der Waals surface area contributed by atoms with Crippen LogP contribution in [0.1, 0.15) is 39.3 Å². The summed E-state index contributed by atoms with van der Waals surface area (Å²) in [5, 5.41) is 0. The molecule has 1 heterocycles. The summed E-state index contributed by atoms with van der Waals surface area (Å²) in [6.07, 6.45) is 3.71. The van der Waals surface area contributed by atoms with Crippen LogP contribution in [0, 0.1) is 0 Å². The van der Waals surface area contributed by atoms with Gasteiger partial charge in [-0.25, -0.2) is 4.98 Å². The van der Waals surface area contributed by atoms with Gasteiger partial charge in [-0.15, -0.1) is 6.58 Å². The zero-order valence-corrected chi connectivity index (χ0v) is 11.3. The summed E-state index contributed by atoms with van der Waals surface area (Å²) in [6.45, 7) is 13.1. The second-order valence-electron chi connectivity index (χ2n) is 5.31. The van der Waals surface area contributed by atoms with E-state index < -0.39 is 0 Å². The van der Waals surface area contributed by atoms with Crippen LogP contribution in [0.3, 0.4) is 0 Å². The summed E-state index contributed by atoms with van der Waals surface area (Å²) in [7, 11) is 0. The van der Waals surface area contributed by atoms with Crippen LogP contribution in [0.5, 0.6) is 0 Å². The zero-order valence-electron chi connectivity index (χ0n) is 11.3. The van der Waals surface area contributed by atoms with Gasteiger partial charge in [0.1, 0.15) is 5.82 Å². The molecule has 1 atom stereocenters. The van der Waals surface area contributed by atoms with Crippen LogP contribution >= 0.6 is 0 Å². The third kappa shape index (κ3) is 3.56. The summed E-state index contributed by atoms with van der Waals surface area (Å²) in [5.41, 5.74) is 7.02. The van der Waals surface area contributed by atoms with Crippen LogP contribution in [0.2, 0.25) is 0 Å². The second kappa shape index (κ2) is 5.32. The monoisotopic (exact) mass is 233 g/mol. The van der Waals surface area contributed by atoms with E-state index in [2.05, 4.69) is 43.3 Å². The fourth-order valence-corrected chi connectivity index (χ4v) is 1.71. The molecule has 1 rings (SSSR count). The van der Waals surface area contributed by atoms with Crippen molar-refractivity contribution < 1.29 is 0 Å². The minimum atomic E-state index is 0.0116. The van der Waals surface area contributed by atoms with Crippen molar-refractivity contribution >= 4 is 5.82 Å². The number of nitrogens with two attached hydrogens (primary N) is 1. The molecule has 0 saturated heterocycles. The Morgan fingerprint density at radius 3 is 2.65 bits per heavy atom. The Balaban J connectivity index is 3.10. The maximum Gasteiger partial charge on any atom is 0.129 e. The van der Waals surface area contributed by atoms with Crippen LogP contribution in [0.4, 0.5) is 5.82 Å². The highest BCUT2D eigenvalue weighted by Crippen LogP contribution is 2.23. The first kappa shape index (κ1) is 13.7. The lowest BCUT2D eigenvalue weighted by Gasteiger charge is -2.36. The maximum atomic E-state index is 5.90. The Labute approximate surface area is 104 Å². The van der Waals surface area contributed by atoms with E-state index in [1.807, 2.05) is 25.3 Å². The number of nitrogens with zero attached hydrogens (tertiary/aromatic N) is 2. The van der Waals surface area contributed by atoms with Gasteiger partial charge in [0, 0.05) is 24.3 Å².